The molecule has 0 aliphatic carbocycles. The molecule has 0 radical (unpaired) electrons. The van der Waals surface area contributed by atoms with Crippen LogP contribution in [-0.4, -0.2) is 9.97 Å². The van der Waals surface area contributed by atoms with Gasteiger partial charge in [-0.15, -0.1) is 0 Å². The predicted octanol–water partition coefficient (Wildman–Crippen LogP) is 4.05. The van der Waals surface area contributed by atoms with Crippen molar-refractivity contribution >= 4 is 0 Å². The summed E-state index contributed by atoms with van der Waals surface area (Å²) in [4.78, 5) is 8.66. The summed E-state index contributed by atoms with van der Waals surface area (Å²) in [6.07, 6.45) is 9.77. The monoisotopic (exact) mass is 254 g/mol. The van der Waals surface area contributed by atoms with Crippen molar-refractivity contribution in [3.8, 4) is 0 Å². The SMILES string of the molecule is Cc1ncccc1CCCCCc1cccnc1C. The number of pyridine rings is 2. The van der Waals surface area contributed by atoms with Gasteiger partial charge < -0.3 is 0 Å². The van der Waals surface area contributed by atoms with Crippen LogP contribution in [0.25, 0.3) is 0 Å². The maximum atomic E-state index is 4.33. The molecule has 0 aliphatic heterocycles. The van der Waals surface area contributed by atoms with E-state index in [2.05, 4.69) is 35.9 Å². The third-order valence-corrected chi connectivity index (χ3v) is 3.62. The molecule has 2 heteroatoms. The summed E-state index contributed by atoms with van der Waals surface area (Å²) in [5.41, 5.74) is 5.12. The first-order valence-corrected chi connectivity index (χ1v) is 7.08. The van der Waals surface area contributed by atoms with Crippen LogP contribution in [0.3, 0.4) is 0 Å². The van der Waals surface area contributed by atoms with Crippen LogP contribution in [0.2, 0.25) is 0 Å². The minimum absolute atomic E-state index is 1.14. The smallest absolute Gasteiger partial charge is 0.0404 e. The molecule has 2 aromatic heterocycles. The summed E-state index contributed by atoms with van der Waals surface area (Å²) in [5.74, 6) is 0. The van der Waals surface area contributed by atoms with E-state index < -0.39 is 0 Å². The molecular weight excluding hydrogens is 232 g/mol. The Labute approximate surface area is 115 Å². The van der Waals surface area contributed by atoms with Crippen molar-refractivity contribution in [1.82, 2.24) is 9.97 Å². The van der Waals surface area contributed by atoms with Crippen molar-refractivity contribution in [2.75, 3.05) is 0 Å². The van der Waals surface area contributed by atoms with Gasteiger partial charge in [-0.2, -0.15) is 0 Å². The normalized spacial score (nSPS) is 10.6. The van der Waals surface area contributed by atoms with E-state index in [0.717, 1.165) is 12.8 Å². The standard InChI is InChI=1S/C17H22N2/c1-14-16(10-6-12-18-14)8-4-3-5-9-17-11-7-13-19-15(17)2/h6-7,10-13H,3-5,8-9H2,1-2H3. The third-order valence-electron chi connectivity index (χ3n) is 3.62. The molecule has 0 aliphatic rings. The van der Waals surface area contributed by atoms with Crippen LogP contribution in [0.1, 0.15) is 41.8 Å². The molecule has 19 heavy (non-hydrogen) atoms. The van der Waals surface area contributed by atoms with Gasteiger partial charge >= 0.3 is 0 Å². The summed E-state index contributed by atoms with van der Waals surface area (Å²) < 4.78 is 0. The maximum absolute atomic E-state index is 4.33. The van der Waals surface area contributed by atoms with Gasteiger partial charge in [0, 0.05) is 23.8 Å². The molecule has 0 N–H and O–H groups in total. The van der Waals surface area contributed by atoms with Gasteiger partial charge in [-0.05, 0) is 62.8 Å². The molecule has 2 aromatic rings. The predicted molar refractivity (Wildman–Crippen MR) is 79.2 cm³/mol. The minimum Gasteiger partial charge on any atom is -0.261 e. The first kappa shape index (κ1) is 13.7. The lowest BCUT2D eigenvalue weighted by Gasteiger charge is -2.06. The summed E-state index contributed by atoms with van der Waals surface area (Å²) in [5, 5.41) is 0. The van der Waals surface area contributed by atoms with Crippen LogP contribution in [-0.2, 0) is 12.8 Å². The van der Waals surface area contributed by atoms with Crippen molar-refractivity contribution in [1.29, 1.82) is 0 Å². The zero-order valence-electron chi connectivity index (χ0n) is 11.9. The second-order valence-electron chi connectivity index (χ2n) is 5.06. The van der Waals surface area contributed by atoms with Crippen molar-refractivity contribution in [2.24, 2.45) is 0 Å². The highest BCUT2D eigenvalue weighted by Crippen LogP contribution is 2.12. The quantitative estimate of drug-likeness (QED) is 0.727. The molecular formula is C17H22N2. The second-order valence-corrected chi connectivity index (χ2v) is 5.06. The molecule has 0 atom stereocenters. The average Bonchev–Trinajstić information content (AvgIpc) is 2.42. The largest absolute Gasteiger partial charge is 0.261 e. The van der Waals surface area contributed by atoms with Gasteiger partial charge in [0.25, 0.3) is 0 Å². The summed E-state index contributed by atoms with van der Waals surface area (Å²) in [7, 11) is 0. The molecule has 0 spiro atoms. The number of aromatic nitrogens is 2. The second kappa shape index (κ2) is 7.03. The molecule has 2 nitrogen and oxygen atoms in total. The Kier molecular flexibility index (Phi) is 5.08. The van der Waals surface area contributed by atoms with Gasteiger partial charge in [-0.3, -0.25) is 9.97 Å². The van der Waals surface area contributed by atoms with Gasteiger partial charge in [0.2, 0.25) is 0 Å². The molecule has 0 amide bonds. The van der Waals surface area contributed by atoms with E-state index >= 15 is 0 Å². The summed E-state index contributed by atoms with van der Waals surface area (Å²) in [6, 6.07) is 8.43. The Morgan fingerprint density at radius 2 is 1.21 bits per heavy atom. The fraction of sp³-hybridized carbons (Fsp3) is 0.412. The zero-order chi connectivity index (χ0) is 13.5. The number of hydrogen-bond donors (Lipinski definition) is 0. The van der Waals surface area contributed by atoms with Gasteiger partial charge in [-0.25, -0.2) is 0 Å². The minimum atomic E-state index is 1.14. The van der Waals surface area contributed by atoms with Crippen LogP contribution in [0.15, 0.2) is 36.7 Å². The molecule has 0 saturated carbocycles. The van der Waals surface area contributed by atoms with Crippen molar-refractivity contribution in [3.05, 3.63) is 59.2 Å². The van der Waals surface area contributed by atoms with Crippen LogP contribution < -0.4 is 0 Å². The molecule has 0 fully saturated rings. The van der Waals surface area contributed by atoms with Crippen LogP contribution in [0, 0.1) is 13.8 Å². The number of aryl methyl sites for hydroxylation is 4. The van der Waals surface area contributed by atoms with E-state index in [0.29, 0.717) is 0 Å². The Morgan fingerprint density at radius 1 is 0.737 bits per heavy atom. The number of unbranched alkanes of at least 4 members (excludes halogenated alkanes) is 2. The van der Waals surface area contributed by atoms with Crippen molar-refractivity contribution in [2.45, 2.75) is 46.0 Å². The first-order chi connectivity index (χ1) is 9.27. The van der Waals surface area contributed by atoms with E-state index in [1.54, 1.807) is 0 Å². The van der Waals surface area contributed by atoms with E-state index in [9.17, 15) is 0 Å². The van der Waals surface area contributed by atoms with Crippen LogP contribution in [0.5, 0.6) is 0 Å². The molecule has 0 bridgehead atoms. The molecule has 0 unspecified atom stereocenters. The van der Waals surface area contributed by atoms with E-state index in [1.165, 1.54) is 41.8 Å². The van der Waals surface area contributed by atoms with Crippen molar-refractivity contribution < 1.29 is 0 Å². The van der Waals surface area contributed by atoms with Crippen molar-refractivity contribution in [3.63, 3.8) is 0 Å². The third kappa shape index (κ3) is 4.16. The number of rotatable bonds is 6. The summed E-state index contributed by atoms with van der Waals surface area (Å²) >= 11 is 0. The number of nitrogens with zero attached hydrogens (tertiary/aromatic N) is 2. The Morgan fingerprint density at radius 3 is 1.63 bits per heavy atom. The average molecular weight is 254 g/mol. The maximum Gasteiger partial charge on any atom is 0.0404 e. The number of hydrogen-bond acceptors (Lipinski definition) is 2. The first-order valence-electron chi connectivity index (χ1n) is 7.08. The Hall–Kier alpha value is -1.70. The van der Waals surface area contributed by atoms with E-state index in [1.807, 2.05) is 24.5 Å². The lowest BCUT2D eigenvalue weighted by Crippen LogP contribution is -1.95. The molecule has 100 valence electrons. The van der Waals surface area contributed by atoms with E-state index in [4.69, 9.17) is 0 Å². The lowest BCUT2D eigenvalue weighted by atomic mass is 10.0. The Balaban J connectivity index is 1.71. The molecule has 2 heterocycles. The Bertz CT molecular complexity index is 473. The molecule has 0 aromatic carbocycles. The highest BCUT2D eigenvalue weighted by atomic mass is 14.7. The van der Waals surface area contributed by atoms with Crippen LogP contribution in [0.4, 0.5) is 0 Å². The molecule has 0 saturated heterocycles. The fourth-order valence-corrected chi connectivity index (χ4v) is 2.37. The summed E-state index contributed by atoms with van der Waals surface area (Å²) in [6.45, 7) is 4.18. The van der Waals surface area contributed by atoms with Crippen LogP contribution >= 0.6 is 0 Å². The zero-order valence-corrected chi connectivity index (χ0v) is 11.9. The van der Waals surface area contributed by atoms with Gasteiger partial charge in [-0.1, -0.05) is 18.6 Å². The van der Waals surface area contributed by atoms with E-state index in [-0.39, 0.29) is 0 Å². The topological polar surface area (TPSA) is 25.8 Å². The van der Waals surface area contributed by atoms with Gasteiger partial charge in [0.15, 0.2) is 0 Å². The fourth-order valence-electron chi connectivity index (χ4n) is 2.37. The van der Waals surface area contributed by atoms with Gasteiger partial charge in [0.1, 0.15) is 0 Å². The van der Waals surface area contributed by atoms with Gasteiger partial charge in [0.05, 0.1) is 0 Å². The molecule has 2 rings (SSSR count). The highest BCUT2D eigenvalue weighted by molar-refractivity contribution is 5.19. The highest BCUT2D eigenvalue weighted by Gasteiger charge is 2.00. The lowest BCUT2D eigenvalue weighted by molar-refractivity contribution is 0.673.